The second-order valence-electron chi connectivity index (χ2n) is 4.38. The molecular weight excluding hydrogens is 356 g/mol. The number of rotatable bonds is 2. The number of hydrogen-bond acceptors (Lipinski definition) is 4. The highest BCUT2D eigenvalue weighted by molar-refractivity contribution is 9.10. The third kappa shape index (κ3) is 2.42. The number of nitrogens with zero attached hydrogens (tertiary/aromatic N) is 2. The summed E-state index contributed by atoms with van der Waals surface area (Å²) in [5.41, 5.74) is 2.49. The molecule has 6 heteroatoms. The number of benzene rings is 2. The molecule has 0 aliphatic rings. The van der Waals surface area contributed by atoms with Gasteiger partial charge >= 0.3 is 0 Å². The number of aromatic nitrogens is 1. The van der Waals surface area contributed by atoms with Crippen LogP contribution in [-0.2, 0) is 6.61 Å². The van der Waals surface area contributed by atoms with Crippen LogP contribution in [-0.4, -0.2) is 10.1 Å². The van der Waals surface area contributed by atoms with Crippen LogP contribution in [0.4, 0.5) is 0 Å². The van der Waals surface area contributed by atoms with Gasteiger partial charge in [-0.1, -0.05) is 17.7 Å². The molecule has 1 N–H and O–H groups in total. The summed E-state index contributed by atoms with van der Waals surface area (Å²) < 4.78 is 6.43. The van der Waals surface area contributed by atoms with E-state index < -0.39 is 0 Å². The zero-order valence-electron chi connectivity index (χ0n) is 10.6. The molecule has 0 fully saturated rings. The van der Waals surface area contributed by atoms with E-state index in [0.717, 1.165) is 4.47 Å². The molecule has 3 aromatic rings. The Hall–Kier alpha value is -1.87. The van der Waals surface area contributed by atoms with E-state index in [2.05, 4.69) is 20.9 Å². The van der Waals surface area contributed by atoms with Crippen LogP contribution in [0.5, 0.6) is 0 Å². The molecule has 0 saturated carbocycles. The van der Waals surface area contributed by atoms with Gasteiger partial charge in [0.25, 0.3) is 0 Å². The highest BCUT2D eigenvalue weighted by atomic mass is 79.9. The van der Waals surface area contributed by atoms with Crippen LogP contribution in [0.25, 0.3) is 22.6 Å². The van der Waals surface area contributed by atoms with E-state index in [4.69, 9.17) is 16.0 Å². The molecule has 0 aliphatic heterocycles. The third-order valence-electron chi connectivity index (χ3n) is 3.03. The number of hydrogen-bond donors (Lipinski definition) is 1. The minimum Gasteiger partial charge on any atom is -0.435 e. The summed E-state index contributed by atoms with van der Waals surface area (Å²) in [6, 6.07) is 10.8. The van der Waals surface area contributed by atoms with Gasteiger partial charge < -0.3 is 9.52 Å². The van der Waals surface area contributed by atoms with Gasteiger partial charge in [0.2, 0.25) is 5.89 Å². The average molecular weight is 364 g/mol. The Labute approximate surface area is 133 Å². The van der Waals surface area contributed by atoms with E-state index in [9.17, 15) is 10.4 Å². The van der Waals surface area contributed by atoms with Gasteiger partial charge in [0.1, 0.15) is 11.6 Å². The summed E-state index contributed by atoms with van der Waals surface area (Å²) in [4.78, 5) is 4.37. The standard InChI is InChI=1S/C15H8BrClN2O2/c16-11-3-1-2-10(13(11)17)15-19-12-5-8(7-20)4-9(6-18)14(12)21-15/h1-5,20H,7H2. The minimum absolute atomic E-state index is 0.162. The van der Waals surface area contributed by atoms with Crippen LogP contribution in [0.15, 0.2) is 39.2 Å². The summed E-state index contributed by atoms with van der Waals surface area (Å²) in [6.07, 6.45) is 0. The van der Waals surface area contributed by atoms with Crippen molar-refractivity contribution in [3.05, 3.63) is 51.0 Å². The Bertz CT molecular complexity index is 883. The average Bonchev–Trinajstić information content (AvgIpc) is 2.92. The molecule has 1 heterocycles. The van der Waals surface area contributed by atoms with Gasteiger partial charge in [-0.3, -0.25) is 0 Å². The van der Waals surface area contributed by atoms with E-state index in [-0.39, 0.29) is 6.61 Å². The molecule has 0 unspecified atom stereocenters. The molecule has 104 valence electrons. The molecule has 0 spiro atoms. The Morgan fingerprint density at radius 1 is 1.38 bits per heavy atom. The number of oxazole rings is 1. The first-order chi connectivity index (χ1) is 10.1. The summed E-state index contributed by atoms with van der Waals surface area (Å²) in [5, 5.41) is 18.9. The van der Waals surface area contributed by atoms with Crippen LogP contribution in [0.3, 0.4) is 0 Å². The molecule has 4 nitrogen and oxygen atoms in total. The second-order valence-corrected chi connectivity index (χ2v) is 5.61. The predicted octanol–water partition coefficient (Wildman–Crippen LogP) is 4.27. The molecule has 0 saturated heterocycles. The lowest BCUT2D eigenvalue weighted by Gasteiger charge is -2.00. The minimum atomic E-state index is -0.162. The molecule has 21 heavy (non-hydrogen) atoms. The molecule has 0 aliphatic carbocycles. The van der Waals surface area contributed by atoms with Crippen molar-refractivity contribution in [3.63, 3.8) is 0 Å². The smallest absolute Gasteiger partial charge is 0.228 e. The molecule has 0 amide bonds. The van der Waals surface area contributed by atoms with Crippen molar-refractivity contribution in [2.24, 2.45) is 0 Å². The number of fused-ring (bicyclic) bond motifs is 1. The summed E-state index contributed by atoms with van der Waals surface area (Å²) >= 11 is 9.59. The Kier molecular flexibility index (Phi) is 3.68. The first kappa shape index (κ1) is 14.1. The molecule has 2 aromatic carbocycles. The van der Waals surface area contributed by atoms with Crippen molar-refractivity contribution < 1.29 is 9.52 Å². The van der Waals surface area contributed by atoms with Gasteiger partial charge in [0, 0.05) is 4.47 Å². The van der Waals surface area contributed by atoms with Crippen molar-refractivity contribution in [3.8, 4) is 17.5 Å². The van der Waals surface area contributed by atoms with Crippen molar-refractivity contribution >= 4 is 38.6 Å². The van der Waals surface area contributed by atoms with E-state index in [1.165, 1.54) is 0 Å². The number of nitriles is 1. The first-order valence-corrected chi connectivity index (χ1v) is 7.20. The third-order valence-corrected chi connectivity index (χ3v) is 4.33. The first-order valence-electron chi connectivity index (χ1n) is 6.03. The highest BCUT2D eigenvalue weighted by Crippen LogP contribution is 2.35. The van der Waals surface area contributed by atoms with E-state index in [1.54, 1.807) is 18.2 Å². The monoisotopic (exact) mass is 362 g/mol. The quantitative estimate of drug-likeness (QED) is 0.738. The van der Waals surface area contributed by atoms with Crippen LogP contribution in [0.2, 0.25) is 5.02 Å². The second kappa shape index (κ2) is 5.49. The van der Waals surface area contributed by atoms with Crippen LogP contribution < -0.4 is 0 Å². The lowest BCUT2D eigenvalue weighted by Crippen LogP contribution is -1.86. The fraction of sp³-hybridized carbons (Fsp3) is 0.0667. The molecule has 0 radical (unpaired) electrons. The van der Waals surface area contributed by atoms with E-state index in [1.807, 2.05) is 18.2 Å². The van der Waals surface area contributed by atoms with Crippen molar-refractivity contribution in [1.82, 2.24) is 4.98 Å². The maximum absolute atomic E-state index is 9.23. The van der Waals surface area contributed by atoms with Gasteiger partial charge in [-0.2, -0.15) is 5.26 Å². The van der Waals surface area contributed by atoms with Crippen molar-refractivity contribution in [2.75, 3.05) is 0 Å². The van der Waals surface area contributed by atoms with Crippen molar-refractivity contribution in [1.29, 1.82) is 5.26 Å². The molecule has 1 aromatic heterocycles. The largest absolute Gasteiger partial charge is 0.435 e. The zero-order chi connectivity index (χ0) is 15.0. The SMILES string of the molecule is N#Cc1cc(CO)cc2nc(-c3cccc(Br)c3Cl)oc12. The lowest BCUT2D eigenvalue weighted by molar-refractivity contribution is 0.282. The maximum atomic E-state index is 9.23. The predicted molar refractivity (Wildman–Crippen MR) is 82.8 cm³/mol. The van der Waals surface area contributed by atoms with Gasteiger partial charge in [0.15, 0.2) is 5.58 Å². The summed E-state index contributed by atoms with van der Waals surface area (Å²) in [7, 11) is 0. The Balaban J connectivity index is 2.26. The Morgan fingerprint density at radius 3 is 2.90 bits per heavy atom. The zero-order valence-corrected chi connectivity index (χ0v) is 12.9. The molecule has 0 bridgehead atoms. The number of halogens is 2. The van der Waals surface area contributed by atoms with Crippen molar-refractivity contribution in [2.45, 2.75) is 6.61 Å². The van der Waals surface area contributed by atoms with Gasteiger partial charge in [-0.25, -0.2) is 4.98 Å². The lowest BCUT2D eigenvalue weighted by atomic mass is 10.1. The topological polar surface area (TPSA) is 70.0 Å². The fourth-order valence-corrected chi connectivity index (χ4v) is 2.62. The van der Waals surface area contributed by atoms with Crippen LogP contribution in [0.1, 0.15) is 11.1 Å². The van der Waals surface area contributed by atoms with Crippen LogP contribution in [0, 0.1) is 11.3 Å². The Morgan fingerprint density at radius 2 is 2.19 bits per heavy atom. The van der Waals surface area contributed by atoms with E-state index in [0.29, 0.717) is 38.7 Å². The molecular formula is C15H8BrClN2O2. The van der Waals surface area contributed by atoms with Gasteiger partial charge in [-0.05, 0) is 45.8 Å². The molecule has 0 atom stereocenters. The summed E-state index contributed by atoms with van der Waals surface area (Å²) in [5.74, 6) is 0.336. The highest BCUT2D eigenvalue weighted by Gasteiger charge is 2.16. The normalized spacial score (nSPS) is 10.8. The van der Waals surface area contributed by atoms with E-state index >= 15 is 0 Å². The summed E-state index contributed by atoms with van der Waals surface area (Å²) in [6.45, 7) is -0.162. The maximum Gasteiger partial charge on any atom is 0.228 e. The van der Waals surface area contributed by atoms with Crippen LogP contribution >= 0.6 is 27.5 Å². The van der Waals surface area contributed by atoms with Gasteiger partial charge in [-0.15, -0.1) is 0 Å². The van der Waals surface area contributed by atoms with Gasteiger partial charge in [0.05, 0.1) is 22.8 Å². The number of aliphatic hydroxyl groups excluding tert-OH is 1. The number of aliphatic hydroxyl groups is 1. The fourth-order valence-electron chi connectivity index (χ4n) is 2.05. The molecule has 3 rings (SSSR count).